The van der Waals surface area contributed by atoms with E-state index >= 15 is 0 Å². The van der Waals surface area contributed by atoms with E-state index < -0.39 is 0 Å². The Morgan fingerprint density at radius 3 is 2.58 bits per heavy atom. The van der Waals surface area contributed by atoms with Crippen molar-refractivity contribution in [1.82, 2.24) is 4.98 Å². The lowest BCUT2D eigenvalue weighted by molar-refractivity contribution is 1.29. The van der Waals surface area contributed by atoms with E-state index in [2.05, 4.69) is 52.3 Å². The molecule has 5 rings (SSSR count). The van der Waals surface area contributed by atoms with Crippen LogP contribution in [0.3, 0.4) is 0 Å². The van der Waals surface area contributed by atoms with Gasteiger partial charge in [-0.15, -0.1) is 45.3 Å². The van der Waals surface area contributed by atoms with Crippen molar-refractivity contribution in [3.63, 3.8) is 0 Å². The van der Waals surface area contributed by atoms with Crippen molar-refractivity contribution in [2.45, 2.75) is 6.92 Å². The van der Waals surface area contributed by atoms with Gasteiger partial charge in [-0.05, 0) is 35.9 Å². The number of hydrogen-bond donors (Lipinski definition) is 1. The largest absolute Gasteiger partial charge is 0.328 e. The zero-order valence-corrected chi connectivity index (χ0v) is 16.0. The van der Waals surface area contributed by atoms with Crippen molar-refractivity contribution in [1.29, 1.82) is 0 Å². The SMILES string of the molecule is C/C=C/c1csc2ccsc12.O=c1[nH]ccc2c1sc1ccsc12. The minimum Gasteiger partial charge on any atom is -0.328 e. The second-order valence-electron chi connectivity index (χ2n) is 5.07. The maximum atomic E-state index is 11.4. The van der Waals surface area contributed by atoms with Gasteiger partial charge in [0.05, 0.1) is 9.40 Å². The van der Waals surface area contributed by atoms with Crippen molar-refractivity contribution >= 4 is 80.3 Å². The van der Waals surface area contributed by atoms with Crippen LogP contribution in [0.2, 0.25) is 0 Å². The first kappa shape index (κ1) is 15.8. The van der Waals surface area contributed by atoms with Gasteiger partial charge in [0.15, 0.2) is 0 Å². The van der Waals surface area contributed by atoms with Crippen LogP contribution >= 0.6 is 45.3 Å². The third-order valence-electron chi connectivity index (χ3n) is 3.55. The van der Waals surface area contributed by atoms with E-state index in [0.717, 1.165) is 10.1 Å². The molecule has 5 aromatic rings. The fraction of sp³-hybridized carbons (Fsp3) is 0.0556. The van der Waals surface area contributed by atoms with Gasteiger partial charge in [0.2, 0.25) is 0 Å². The lowest BCUT2D eigenvalue weighted by atomic mass is 10.3. The number of hydrogen-bond acceptors (Lipinski definition) is 5. The molecule has 0 spiro atoms. The summed E-state index contributed by atoms with van der Waals surface area (Å²) in [7, 11) is 0. The number of allylic oxidation sites excluding steroid dienone is 1. The molecule has 0 amide bonds. The van der Waals surface area contributed by atoms with Crippen LogP contribution in [0.4, 0.5) is 0 Å². The summed E-state index contributed by atoms with van der Waals surface area (Å²) in [5.41, 5.74) is 1.38. The van der Waals surface area contributed by atoms with Gasteiger partial charge >= 0.3 is 0 Å². The van der Waals surface area contributed by atoms with Gasteiger partial charge in [-0.25, -0.2) is 0 Å². The van der Waals surface area contributed by atoms with E-state index in [1.165, 1.54) is 24.4 Å². The van der Waals surface area contributed by atoms with E-state index in [1.54, 1.807) is 28.9 Å². The second-order valence-corrected chi connectivity index (χ2v) is 8.87. The van der Waals surface area contributed by atoms with Crippen molar-refractivity contribution in [2.24, 2.45) is 0 Å². The molecule has 0 aliphatic heterocycles. The average molecular weight is 388 g/mol. The van der Waals surface area contributed by atoms with E-state index in [0.29, 0.717) is 0 Å². The Morgan fingerprint density at radius 1 is 0.958 bits per heavy atom. The van der Waals surface area contributed by atoms with Crippen molar-refractivity contribution < 1.29 is 0 Å². The van der Waals surface area contributed by atoms with Gasteiger partial charge in [0.1, 0.15) is 4.70 Å². The van der Waals surface area contributed by atoms with Crippen LogP contribution in [0.25, 0.3) is 35.0 Å². The minimum atomic E-state index is 0.0194. The molecule has 0 unspecified atom stereocenters. The first-order chi connectivity index (χ1) is 11.8. The number of nitrogens with one attached hydrogen (secondary N) is 1. The number of fused-ring (bicyclic) bond motifs is 4. The predicted molar refractivity (Wildman–Crippen MR) is 112 cm³/mol. The third-order valence-corrected chi connectivity index (χ3v) is 7.86. The Balaban J connectivity index is 0.000000123. The second kappa shape index (κ2) is 6.64. The normalized spacial score (nSPS) is 11.5. The van der Waals surface area contributed by atoms with Gasteiger partial charge in [-0.1, -0.05) is 12.2 Å². The lowest BCUT2D eigenvalue weighted by Gasteiger charge is -1.85. The maximum absolute atomic E-state index is 11.4. The lowest BCUT2D eigenvalue weighted by Crippen LogP contribution is -2.01. The number of aromatic amines is 1. The van der Waals surface area contributed by atoms with Crippen molar-refractivity contribution in [2.75, 3.05) is 0 Å². The monoisotopic (exact) mass is 387 g/mol. The Hall–Kier alpha value is -1.73. The molecule has 0 fully saturated rings. The van der Waals surface area contributed by atoms with Crippen LogP contribution in [0.5, 0.6) is 0 Å². The molecule has 0 bridgehead atoms. The molecular formula is C18H13NOS4. The first-order valence-corrected chi connectivity index (χ1v) is 10.8. The van der Waals surface area contributed by atoms with Gasteiger partial charge in [0, 0.05) is 31.9 Å². The molecule has 5 heterocycles. The van der Waals surface area contributed by atoms with E-state index in [4.69, 9.17) is 0 Å². The maximum Gasteiger partial charge on any atom is 0.265 e. The van der Waals surface area contributed by atoms with Crippen LogP contribution in [-0.2, 0) is 0 Å². The molecule has 0 aromatic carbocycles. The zero-order chi connectivity index (χ0) is 16.5. The summed E-state index contributed by atoms with van der Waals surface area (Å²) in [6.45, 7) is 2.05. The van der Waals surface area contributed by atoms with Crippen LogP contribution in [0, 0.1) is 0 Å². The Morgan fingerprint density at radius 2 is 1.75 bits per heavy atom. The molecule has 1 N–H and O–H groups in total. The highest BCUT2D eigenvalue weighted by Crippen LogP contribution is 2.35. The van der Waals surface area contributed by atoms with E-state index in [-0.39, 0.29) is 5.56 Å². The summed E-state index contributed by atoms with van der Waals surface area (Å²) < 4.78 is 6.10. The molecule has 0 saturated heterocycles. The highest BCUT2D eigenvalue weighted by molar-refractivity contribution is 7.32. The average Bonchev–Trinajstić information content (AvgIpc) is 3.30. The third kappa shape index (κ3) is 2.75. The Kier molecular flexibility index (Phi) is 4.37. The zero-order valence-electron chi connectivity index (χ0n) is 12.7. The summed E-state index contributed by atoms with van der Waals surface area (Å²) >= 11 is 6.89. The van der Waals surface area contributed by atoms with E-state index in [1.807, 2.05) is 28.7 Å². The molecular weight excluding hydrogens is 374 g/mol. The number of rotatable bonds is 1. The Bertz CT molecular complexity index is 1200. The quantitative estimate of drug-likeness (QED) is 0.337. The highest BCUT2D eigenvalue weighted by atomic mass is 32.1. The van der Waals surface area contributed by atoms with Crippen molar-refractivity contribution in [3.05, 3.63) is 62.5 Å². The summed E-state index contributed by atoms with van der Waals surface area (Å²) in [4.78, 5) is 14.1. The number of thiophene rings is 4. The fourth-order valence-corrected chi connectivity index (χ4v) is 6.79. The van der Waals surface area contributed by atoms with Gasteiger partial charge < -0.3 is 4.98 Å². The van der Waals surface area contributed by atoms with Crippen molar-refractivity contribution in [3.8, 4) is 0 Å². The van der Waals surface area contributed by atoms with Crippen LogP contribution in [0.1, 0.15) is 12.5 Å². The molecule has 0 radical (unpaired) electrons. The molecule has 5 aromatic heterocycles. The topological polar surface area (TPSA) is 32.9 Å². The molecule has 0 aliphatic rings. The van der Waals surface area contributed by atoms with Crippen LogP contribution in [0.15, 0.2) is 51.4 Å². The van der Waals surface area contributed by atoms with Gasteiger partial charge in [0.25, 0.3) is 5.56 Å². The molecule has 0 atom stereocenters. The van der Waals surface area contributed by atoms with Gasteiger partial charge in [-0.2, -0.15) is 0 Å². The highest BCUT2D eigenvalue weighted by Gasteiger charge is 2.07. The summed E-state index contributed by atoms with van der Waals surface area (Å²) in [5.74, 6) is 0. The Labute approximate surface area is 154 Å². The fourth-order valence-electron chi connectivity index (χ4n) is 2.50. The molecule has 120 valence electrons. The summed E-state index contributed by atoms with van der Waals surface area (Å²) in [6.07, 6.45) is 5.95. The summed E-state index contributed by atoms with van der Waals surface area (Å²) in [6, 6.07) is 6.20. The first-order valence-electron chi connectivity index (χ1n) is 7.32. The summed E-state index contributed by atoms with van der Waals surface area (Å²) in [5, 5.41) is 7.50. The molecule has 24 heavy (non-hydrogen) atoms. The number of H-pyrrole nitrogens is 1. The minimum absolute atomic E-state index is 0.0194. The van der Waals surface area contributed by atoms with Crippen LogP contribution in [-0.4, -0.2) is 4.98 Å². The van der Waals surface area contributed by atoms with Crippen LogP contribution < -0.4 is 5.56 Å². The van der Waals surface area contributed by atoms with Gasteiger partial charge in [-0.3, -0.25) is 4.79 Å². The number of aromatic nitrogens is 1. The molecule has 0 aliphatic carbocycles. The predicted octanol–water partition coefficient (Wildman–Crippen LogP) is 6.80. The standard InChI is InChI=1S/C9H5NOS2.C9H8S2/c11-9-8-5(1-3-10-9)7-6(13-8)2-4-12-7;1-2-3-7-6-11-8-4-5-10-9(7)8/h1-4H,(H,10,11);2-6H,1H3/b;3-2+. The molecule has 2 nitrogen and oxygen atoms in total. The molecule has 0 saturated carbocycles. The van der Waals surface area contributed by atoms with E-state index in [9.17, 15) is 4.79 Å². The number of pyridine rings is 1. The smallest absolute Gasteiger partial charge is 0.265 e. The molecule has 6 heteroatoms.